The van der Waals surface area contributed by atoms with Gasteiger partial charge in [-0.15, -0.1) is 11.3 Å². The molecule has 0 saturated heterocycles. The summed E-state index contributed by atoms with van der Waals surface area (Å²) in [5, 5.41) is 5.68. The van der Waals surface area contributed by atoms with Gasteiger partial charge in [0.2, 0.25) is 0 Å². The summed E-state index contributed by atoms with van der Waals surface area (Å²) < 4.78 is 5.13. The minimum absolute atomic E-state index is 0.442. The van der Waals surface area contributed by atoms with Crippen molar-refractivity contribution in [1.29, 1.82) is 0 Å². The van der Waals surface area contributed by atoms with Crippen molar-refractivity contribution in [3.63, 3.8) is 0 Å². The van der Waals surface area contributed by atoms with E-state index in [1.807, 2.05) is 11.3 Å². The third kappa shape index (κ3) is 4.69. The van der Waals surface area contributed by atoms with E-state index in [1.54, 1.807) is 7.11 Å². The first-order valence-electron chi connectivity index (χ1n) is 6.78. The minimum atomic E-state index is 0.442. The highest BCUT2D eigenvalue weighted by atomic mass is 32.1. The Bertz CT molecular complexity index is 325. The molecule has 0 aromatic carbocycles. The molecule has 0 amide bonds. The summed E-state index contributed by atoms with van der Waals surface area (Å²) >= 11 is 1.86. The zero-order chi connectivity index (χ0) is 12.8. The summed E-state index contributed by atoms with van der Waals surface area (Å²) in [5.41, 5.74) is 0. The zero-order valence-corrected chi connectivity index (χ0v) is 12.2. The molecule has 1 N–H and O–H groups in total. The molecule has 4 heteroatoms. The standard InChI is InChI=1S/C14H24N2OS/c1-12(11-17-2)15-7-8-16(13-5-6-13)10-14-4-3-9-18-14/h3-4,9,12-13,15H,5-8,10-11H2,1-2H3. The molecule has 1 atom stereocenters. The first kappa shape index (κ1) is 14.0. The minimum Gasteiger partial charge on any atom is -0.383 e. The molecule has 1 unspecified atom stereocenters. The van der Waals surface area contributed by atoms with Crippen LogP contribution < -0.4 is 5.32 Å². The summed E-state index contributed by atoms with van der Waals surface area (Å²) in [5.74, 6) is 0. The number of hydrogen-bond acceptors (Lipinski definition) is 4. The molecule has 0 aliphatic heterocycles. The van der Waals surface area contributed by atoms with Gasteiger partial charge < -0.3 is 10.1 Å². The van der Waals surface area contributed by atoms with E-state index < -0.39 is 0 Å². The molecule has 102 valence electrons. The highest BCUT2D eigenvalue weighted by molar-refractivity contribution is 7.09. The van der Waals surface area contributed by atoms with Crippen molar-refractivity contribution in [2.75, 3.05) is 26.8 Å². The van der Waals surface area contributed by atoms with Gasteiger partial charge in [0, 0.05) is 43.7 Å². The molecule has 0 radical (unpaired) electrons. The number of hydrogen-bond donors (Lipinski definition) is 1. The molecule has 1 heterocycles. The molecule has 1 aromatic rings. The Morgan fingerprint density at radius 1 is 1.56 bits per heavy atom. The number of rotatable bonds is 9. The highest BCUT2D eigenvalue weighted by Crippen LogP contribution is 2.28. The lowest BCUT2D eigenvalue weighted by atomic mass is 10.3. The van der Waals surface area contributed by atoms with Crippen LogP contribution in [0.25, 0.3) is 0 Å². The molecule has 0 spiro atoms. The van der Waals surface area contributed by atoms with Gasteiger partial charge in [0.15, 0.2) is 0 Å². The van der Waals surface area contributed by atoms with Crippen molar-refractivity contribution in [1.82, 2.24) is 10.2 Å². The van der Waals surface area contributed by atoms with E-state index in [1.165, 1.54) is 17.7 Å². The number of nitrogens with one attached hydrogen (secondary N) is 1. The second-order valence-electron chi connectivity index (χ2n) is 5.09. The lowest BCUT2D eigenvalue weighted by molar-refractivity contribution is 0.168. The van der Waals surface area contributed by atoms with Crippen molar-refractivity contribution < 1.29 is 4.74 Å². The normalized spacial score (nSPS) is 17.3. The van der Waals surface area contributed by atoms with Gasteiger partial charge in [0.05, 0.1) is 6.61 Å². The lowest BCUT2D eigenvalue weighted by Gasteiger charge is -2.22. The summed E-state index contributed by atoms with van der Waals surface area (Å²) in [4.78, 5) is 4.09. The first-order chi connectivity index (χ1) is 8.79. The largest absolute Gasteiger partial charge is 0.383 e. The predicted molar refractivity (Wildman–Crippen MR) is 77.1 cm³/mol. The topological polar surface area (TPSA) is 24.5 Å². The van der Waals surface area contributed by atoms with Crippen LogP contribution in [0.4, 0.5) is 0 Å². The monoisotopic (exact) mass is 268 g/mol. The molecule has 0 bridgehead atoms. The van der Waals surface area contributed by atoms with E-state index >= 15 is 0 Å². The predicted octanol–water partition coefficient (Wildman–Crippen LogP) is 2.34. The molecule has 18 heavy (non-hydrogen) atoms. The van der Waals surface area contributed by atoms with Gasteiger partial charge in [0.25, 0.3) is 0 Å². The van der Waals surface area contributed by atoms with Gasteiger partial charge in [-0.2, -0.15) is 0 Å². The van der Waals surface area contributed by atoms with Gasteiger partial charge in [-0.25, -0.2) is 0 Å². The molecular weight excluding hydrogens is 244 g/mol. The molecule has 2 rings (SSSR count). The smallest absolute Gasteiger partial charge is 0.0613 e. The molecule has 1 aliphatic rings. The van der Waals surface area contributed by atoms with Crippen molar-refractivity contribution in [3.8, 4) is 0 Å². The Kier molecular flexibility index (Phi) is 5.63. The second kappa shape index (κ2) is 7.24. The summed E-state index contributed by atoms with van der Waals surface area (Å²) in [7, 11) is 1.76. The summed E-state index contributed by atoms with van der Waals surface area (Å²) in [6, 6.07) is 5.65. The van der Waals surface area contributed by atoms with Crippen LogP contribution in [0.15, 0.2) is 17.5 Å². The van der Waals surface area contributed by atoms with Gasteiger partial charge >= 0.3 is 0 Å². The number of thiophene rings is 1. The first-order valence-corrected chi connectivity index (χ1v) is 7.66. The highest BCUT2D eigenvalue weighted by Gasteiger charge is 2.28. The lowest BCUT2D eigenvalue weighted by Crippen LogP contribution is -2.38. The van der Waals surface area contributed by atoms with Crippen LogP contribution in [0.5, 0.6) is 0 Å². The SMILES string of the molecule is COCC(C)NCCN(Cc1cccs1)C1CC1. The maximum Gasteiger partial charge on any atom is 0.0613 e. The fraction of sp³-hybridized carbons (Fsp3) is 0.714. The van der Waals surface area contributed by atoms with Crippen molar-refractivity contribution in [2.24, 2.45) is 0 Å². The van der Waals surface area contributed by atoms with E-state index in [9.17, 15) is 0 Å². The third-order valence-electron chi connectivity index (χ3n) is 3.31. The van der Waals surface area contributed by atoms with Crippen LogP contribution in [0.1, 0.15) is 24.6 Å². The van der Waals surface area contributed by atoms with Crippen LogP contribution in [0, 0.1) is 0 Å². The Hall–Kier alpha value is -0.420. The number of nitrogens with zero attached hydrogens (tertiary/aromatic N) is 1. The molecular formula is C14H24N2OS. The van der Waals surface area contributed by atoms with Crippen LogP contribution in [0.2, 0.25) is 0 Å². The van der Waals surface area contributed by atoms with Gasteiger partial charge in [-0.05, 0) is 31.2 Å². The third-order valence-corrected chi connectivity index (χ3v) is 4.17. The van der Waals surface area contributed by atoms with E-state index in [0.717, 1.165) is 32.3 Å². The fourth-order valence-electron chi connectivity index (χ4n) is 2.20. The zero-order valence-electron chi connectivity index (χ0n) is 11.4. The number of ether oxygens (including phenoxy) is 1. The van der Waals surface area contributed by atoms with Crippen molar-refractivity contribution in [2.45, 2.75) is 38.4 Å². The maximum atomic E-state index is 5.13. The van der Waals surface area contributed by atoms with Gasteiger partial charge in [-0.1, -0.05) is 6.07 Å². The second-order valence-corrected chi connectivity index (χ2v) is 6.12. The van der Waals surface area contributed by atoms with E-state index in [2.05, 4.69) is 34.7 Å². The Balaban J connectivity index is 1.70. The molecule has 3 nitrogen and oxygen atoms in total. The molecule has 1 aliphatic carbocycles. The van der Waals surface area contributed by atoms with Gasteiger partial charge in [-0.3, -0.25) is 4.90 Å². The van der Waals surface area contributed by atoms with E-state index in [0.29, 0.717) is 6.04 Å². The molecule has 1 aromatic heterocycles. The quantitative estimate of drug-likeness (QED) is 0.744. The average Bonchev–Trinajstić information content (AvgIpc) is 3.07. The van der Waals surface area contributed by atoms with Crippen LogP contribution in [-0.2, 0) is 11.3 Å². The molecule has 1 fully saturated rings. The van der Waals surface area contributed by atoms with Crippen molar-refractivity contribution >= 4 is 11.3 Å². The van der Waals surface area contributed by atoms with Crippen molar-refractivity contribution in [3.05, 3.63) is 22.4 Å². The maximum absolute atomic E-state index is 5.13. The number of methoxy groups -OCH3 is 1. The summed E-state index contributed by atoms with van der Waals surface area (Å²) in [6.07, 6.45) is 2.75. The average molecular weight is 268 g/mol. The van der Waals surface area contributed by atoms with E-state index in [4.69, 9.17) is 4.74 Å². The Labute approximate surface area is 114 Å². The Morgan fingerprint density at radius 3 is 3.00 bits per heavy atom. The fourth-order valence-corrected chi connectivity index (χ4v) is 2.93. The van der Waals surface area contributed by atoms with Crippen LogP contribution in [-0.4, -0.2) is 43.8 Å². The Morgan fingerprint density at radius 2 is 2.39 bits per heavy atom. The van der Waals surface area contributed by atoms with Crippen LogP contribution >= 0.6 is 11.3 Å². The molecule has 1 saturated carbocycles. The summed E-state index contributed by atoms with van der Waals surface area (Å²) in [6.45, 7) is 6.25. The van der Waals surface area contributed by atoms with E-state index in [-0.39, 0.29) is 0 Å². The van der Waals surface area contributed by atoms with Gasteiger partial charge in [0.1, 0.15) is 0 Å². The van der Waals surface area contributed by atoms with Crippen LogP contribution in [0.3, 0.4) is 0 Å².